The molecule has 0 spiro atoms. The van der Waals surface area contributed by atoms with E-state index in [4.69, 9.17) is 5.84 Å². The SMILES string of the molecule is CN(C)CCC(Cc1cc(F)ccc1F)NN. The lowest BCUT2D eigenvalue weighted by atomic mass is 10.0. The van der Waals surface area contributed by atoms with Crippen LogP contribution >= 0.6 is 0 Å². The molecule has 1 aromatic rings. The second kappa shape index (κ2) is 6.64. The minimum atomic E-state index is -0.426. The summed E-state index contributed by atoms with van der Waals surface area (Å²) in [6, 6.07) is 3.41. The quantitative estimate of drug-likeness (QED) is 0.584. The van der Waals surface area contributed by atoms with Crippen LogP contribution in [0.4, 0.5) is 8.78 Å². The van der Waals surface area contributed by atoms with Gasteiger partial charge in [0.15, 0.2) is 0 Å². The van der Waals surface area contributed by atoms with Crippen LogP contribution in [0, 0.1) is 11.6 Å². The largest absolute Gasteiger partial charge is 0.309 e. The number of hydrazine groups is 1. The van der Waals surface area contributed by atoms with Crippen molar-refractivity contribution in [1.29, 1.82) is 0 Å². The summed E-state index contributed by atoms with van der Waals surface area (Å²) < 4.78 is 26.4. The first-order valence-electron chi connectivity index (χ1n) is 5.57. The molecule has 0 heterocycles. The van der Waals surface area contributed by atoms with E-state index in [0.717, 1.165) is 25.1 Å². The molecule has 0 amide bonds. The van der Waals surface area contributed by atoms with Gasteiger partial charge in [-0.25, -0.2) is 8.78 Å². The molecule has 96 valence electrons. The van der Waals surface area contributed by atoms with Crippen LogP contribution < -0.4 is 11.3 Å². The predicted molar refractivity (Wildman–Crippen MR) is 64.3 cm³/mol. The van der Waals surface area contributed by atoms with Crippen LogP contribution in [0.1, 0.15) is 12.0 Å². The van der Waals surface area contributed by atoms with Crippen LogP contribution in [-0.4, -0.2) is 31.6 Å². The molecule has 0 aliphatic carbocycles. The maximum absolute atomic E-state index is 13.4. The van der Waals surface area contributed by atoms with Crippen molar-refractivity contribution in [1.82, 2.24) is 10.3 Å². The summed E-state index contributed by atoms with van der Waals surface area (Å²) >= 11 is 0. The molecule has 0 bridgehead atoms. The van der Waals surface area contributed by atoms with Crippen LogP contribution in [0.3, 0.4) is 0 Å². The molecule has 3 nitrogen and oxygen atoms in total. The Balaban J connectivity index is 2.63. The summed E-state index contributed by atoms with van der Waals surface area (Å²) in [5.74, 6) is 4.59. The van der Waals surface area contributed by atoms with E-state index in [1.807, 2.05) is 19.0 Å². The van der Waals surface area contributed by atoms with Gasteiger partial charge in [0.1, 0.15) is 11.6 Å². The van der Waals surface area contributed by atoms with Gasteiger partial charge in [0.2, 0.25) is 0 Å². The second-order valence-electron chi connectivity index (χ2n) is 4.40. The zero-order valence-electron chi connectivity index (χ0n) is 10.2. The third kappa shape index (κ3) is 4.77. The molecule has 5 heteroatoms. The van der Waals surface area contributed by atoms with Gasteiger partial charge >= 0.3 is 0 Å². The van der Waals surface area contributed by atoms with E-state index in [9.17, 15) is 8.78 Å². The van der Waals surface area contributed by atoms with Crippen molar-refractivity contribution in [2.75, 3.05) is 20.6 Å². The van der Waals surface area contributed by atoms with Gasteiger partial charge in [0, 0.05) is 6.04 Å². The molecule has 0 fully saturated rings. The maximum atomic E-state index is 13.4. The van der Waals surface area contributed by atoms with Gasteiger partial charge in [-0.05, 0) is 57.2 Å². The fourth-order valence-electron chi connectivity index (χ4n) is 1.62. The van der Waals surface area contributed by atoms with Gasteiger partial charge in [-0.15, -0.1) is 0 Å². The van der Waals surface area contributed by atoms with E-state index in [0.29, 0.717) is 12.0 Å². The van der Waals surface area contributed by atoms with Crippen LogP contribution in [0.2, 0.25) is 0 Å². The number of halogens is 2. The number of hydrogen-bond acceptors (Lipinski definition) is 3. The molecule has 1 rings (SSSR count). The third-order valence-corrected chi connectivity index (χ3v) is 2.63. The van der Waals surface area contributed by atoms with Crippen molar-refractivity contribution >= 4 is 0 Å². The Kier molecular flexibility index (Phi) is 5.47. The number of rotatable bonds is 6. The van der Waals surface area contributed by atoms with Crippen LogP contribution in [-0.2, 0) is 6.42 Å². The van der Waals surface area contributed by atoms with Crippen molar-refractivity contribution in [3.63, 3.8) is 0 Å². The molecular formula is C12H19F2N3. The van der Waals surface area contributed by atoms with Crippen LogP contribution in [0.15, 0.2) is 18.2 Å². The lowest BCUT2D eigenvalue weighted by molar-refractivity contribution is 0.356. The van der Waals surface area contributed by atoms with Crippen molar-refractivity contribution in [3.05, 3.63) is 35.4 Å². The van der Waals surface area contributed by atoms with Crippen molar-refractivity contribution < 1.29 is 8.78 Å². The number of nitrogens with zero attached hydrogens (tertiary/aromatic N) is 1. The molecule has 0 aromatic heterocycles. The highest BCUT2D eigenvalue weighted by Crippen LogP contribution is 2.13. The molecule has 17 heavy (non-hydrogen) atoms. The Morgan fingerprint density at radius 1 is 1.35 bits per heavy atom. The van der Waals surface area contributed by atoms with Crippen LogP contribution in [0.5, 0.6) is 0 Å². The summed E-state index contributed by atoms with van der Waals surface area (Å²) in [5, 5.41) is 0. The Bertz CT molecular complexity index is 356. The molecule has 0 aliphatic heterocycles. The molecule has 0 saturated carbocycles. The number of nitrogens with two attached hydrogens (primary N) is 1. The first kappa shape index (κ1) is 14.0. The lowest BCUT2D eigenvalue weighted by Gasteiger charge is -2.18. The number of benzene rings is 1. The first-order chi connectivity index (χ1) is 8.02. The minimum absolute atomic E-state index is 0.0614. The summed E-state index contributed by atoms with van der Waals surface area (Å²) in [6.07, 6.45) is 1.16. The zero-order valence-corrected chi connectivity index (χ0v) is 10.2. The van der Waals surface area contributed by atoms with Gasteiger partial charge in [-0.2, -0.15) is 0 Å². The van der Waals surface area contributed by atoms with Gasteiger partial charge in [-0.1, -0.05) is 0 Å². The third-order valence-electron chi connectivity index (χ3n) is 2.63. The Morgan fingerprint density at radius 3 is 2.65 bits per heavy atom. The molecule has 1 atom stereocenters. The van der Waals surface area contributed by atoms with E-state index in [1.165, 1.54) is 6.07 Å². The average molecular weight is 243 g/mol. The van der Waals surface area contributed by atoms with Gasteiger partial charge in [0.25, 0.3) is 0 Å². The highest BCUT2D eigenvalue weighted by Gasteiger charge is 2.12. The maximum Gasteiger partial charge on any atom is 0.126 e. The fourth-order valence-corrected chi connectivity index (χ4v) is 1.62. The molecular weight excluding hydrogens is 224 g/mol. The monoisotopic (exact) mass is 243 g/mol. The average Bonchev–Trinajstić information content (AvgIpc) is 2.28. The van der Waals surface area contributed by atoms with Crippen LogP contribution in [0.25, 0.3) is 0 Å². The fraction of sp³-hybridized carbons (Fsp3) is 0.500. The Hall–Kier alpha value is -1.04. The second-order valence-corrected chi connectivity index (χ2v) is 4.40. The summed E-state index contributed by atoms with van der Waals surface area (Å²) in [6.45, 7) is 0.839. The van der Waals surface area contributed by atoms with Crippen molar-refractivity contribution in [2.24, 2.45) is 5.84 Å². The van der Waals surface area contributed by atoms with E-state index in [-0.39, 0.29) is 6.04 Å². The highest BCUT2D eigenvalue weighted by atomic mass is 19.1. The van der Waals surface area contributed by atoms with E-state index in [2.05, 4.69) is 5.43 Å². The summed E-state index contributed by atoms with van der Waals surface area (Å²) in [7, 11) is 3.91. The highest BCUT2D eigenvalue weighted by molar-refractivity contribution is 5.19. The topological polar surface area (TPSA) is 41.3 Å². The van der Waals surface area contributed by atoms with E-state index in [1.54, 1.807) is 0 Å². The summed E-state index contributed by atoms with van der Waals surface area (Å²) in [5.41, 5.74) is 2.99. The number of hydrogen-bond donors (Lipinski definition) is 2. The van der Waals surface area contributed by atoms with Crippen molar-refractivity contribution in [3.8, 4) is 0 Å². The normalized spacial score (nSPS) is 13.1. The van der Waals surface area contributed by atoms with E-state index >= 15 is 0 Å². The molecule has 3 N–H and O–H groups in total. The zero-order chi connectivity index (χ0) is 12.8. The van der Waals surface area contributed by atoms with Gasteiger partial charge in [0.05, 0.1) is 0 Å². The first-order valence-corrected chi connectivity index (χ1v) is 5.57. The van der Waals surface area contributed by atoms with Crippen molar-refractivity contribution in [2.45, 2.75) is 18.9 Å². The predicted octanol–water partition coefficient (Wildman–Crippen LogP) is 1.29. The molecule has 0 radical (unpaired) electrons. The number of nitrogens with one attached hydrogen (secondary N) is 1. The minimum Gasteiger partial charge on any atom is -0.309 e. The molecule has 0 saturated heterocycles. The Labute approximate surface area is 101 Å². The standard InChI is InChI=1S/C12H19F2N3/c1-17(2)6-5-11(16-15)8-9-7-10(13)3-4-12(9)14/h3-4,7,11,16H,5-6,8,15H2,1-2H3. The molecule has 0 aliphatic rings. The summed E-state index contributed by atoms with van der Waals surface area (Å²) in [4.78, 5) is 2.02. The van der Waals surface area contributed by atoms with Gasteiger partial charge < -0.3 is 4.90 Å². The molecule has 1 unspecified atom stereocenters. The van der Waals surface area contributed by atoms with Gasteiger partial charge in [-0.3, -0.25) is 11.3 Å². The Morgan fingerprint density at radius 2 is 2.06 bits per heavy atom. The lowest BCUT2D eigenvalue weighted by Crippen LogP contribution is -2.39. The molecule has 1 aromatic carbocycles. The van der Waals surface area contributed by atoms with E-state index < -0.39 is 11.6 Å². The smallest absolute Gasteiger partial charge is 0.126 e.